The first-order valence-corrected chi connectivity index (χ1v) is 24.5. The Morgan fingerprint density at radius 2 is 1.73 bits per heavy atom. The number of rotatable bonds is 17. The Balaban J connectivity index is 0.00000335. The zero-order chi connectivity index (χ0) is 46.2. The summed E-state index contributed by atoms with van der Waals surface area (Å²) >= 11 is 1.57. The number of hydrogen-bond acceptors (Lipinski definition) is 13. The Kier molecular flexibility index (Phi) is 17.4. The standard InChI is InChI=1S/C46H66N4O11S.C2H6/c1-27-11-16-34-28(2)36(58-44-46(34)33(27)17-18-39(59-44)60-61-46)9-7-21-57-38(53)10-8-20-56-22-19-37(52)49-41(45(4,5)6)43(55)50-25-32(51)23-35(50)42(54)47-24-30-12-14-31(15-13-30)40-29(3)48-26-62-40;1-2/h12-15,26-28,32-36,39,41,44,51H,7-11,16-25H2,1-6H3,(H,47,54)(H,49,52);1-2H3. The number of ether oxygens (including phenoxy) is 4. The van der Waals surface area contributed by atoms with Gasteiger partial charge in [0.1, 0.15) is 12.1 Å². The molecular formula is C48H72N4O11S. The maximum absolute atomic E-state index is 14.0. The van der Waals surface area contributed by atoms with Crippen molar-refractivity contribution in [2.24, 2.45) is 29.1 Å². The topological polar surface area (TPSA) is 184 Å². The second kappa shape index (κ2) is 22.3. The van der Waals surface area contributed by atoms with Crippen molar-refractivity contribution in [2.45, 2.75) is 169 Å². The monoisotopic (exact) mass is 912 g/mol. The van der Waals surface area contributed by atoms with Crippen molar-refractivity contribution in [1.29, 1.82) is 0 Å². The van der Waals surface area contributed by atoms with Gasteiger partial charge < -0.3 is 39.6 Å². The first kappa shape index (κ1) is 49.9. The lowest BCUT2D eigenvalue weighted by Crippen LogP contribution is -2.69. The van der Waals surface area contributed by atoms with Gasteiger partial charge in [0.05, 0.1) is 41.5 Å². The van der Waals surface area contributed by atoms with E-state index in [1.807, 2.05) is 71.3 Å². The molecule has 8 rings (SSSR count). The minimum Gasteiger partial charge on any atom is -0.466 e. The van der Waals surface area contributed by atoms with Crippen LogP contribution in [0.5, 0.6) is 0 Å². The molecule has 0 radical (unpaired) electrons. The molecule has 1 aromatic heterocycles. The second-order valence-corrected chi connectivity index (χ2v) is 19.9. The Labute approximate surface area is 382 Å². The van der Waals surface area contributed by atoms with Crippen LogP contribution in [0, 0.1) is 36.0 Å². The molecule has 64 heavy (non-hydrogen) atoms. The number of aliphatic hydroxyl groups excluding tert-OH is 1. The molecule has 11 atom stereocenters. The van der Waals surface area contributed by atoms with Gasteiger partial charge in [0.15, 0.2) is 18.2 Å². The number of aromatic nitrogens is 1. The lowest BCUT2D eigenvalue weighted by Gasteiger charge is -2.59. The van der Waals surface area contributed by atoms with Crippen molar-refractivity contribution in [3.8, 4) is 10.4 Å². The van der Waals surface area contributed by atoms with E-state index in [9.17, 15) is 24.3 Å². The molecule has 2 aromatic rings. The van der Waals surface area contributed by atoms with E-state index in [-0.39, 0.29) is 81.3 Å². The number of thiazole rings is 1. The molecule has 1 aromatic carbocycles. The minimum absolute atomic E-state index is 0.00717. The van der Waals surface area contributed by atoms with Crippen LogP contribution in [-0.4, -0.2) is 108 Å². The van der Waals surface area contributed by atoms with E-state index in [2.05, 4.69) is 29.5 Å². The number of aliphatic hydroxyl groups is 1. The zero-order valence-electron chi connectivity index (χ0n) is 39.1. The summed E-state index contributed by atoms with van der Waals surface area (Å²) in [5.74, 6) is -0.0771. The molecule has 3 amide bonds. The summed E-state index contributed by atoms with van der Waals surface area (Å²) in [6, 6.07) is 6.06. The first-order valence-electron chi connectivity index (χ1n) is 23.6. The van der Waals surface area contributed by atoms with Crippen molar-refractivity contribution in [3.63, 3.8) is 0 Å². The lowest BCUT2D eigenvalue weighted by atomic mass is 9.57. The first-order chi connectivity index (χ1) is 30.6. The summed E-state index contributed by atoms with van der Waals surface area (Å²) in [5, 5.41) is 16.3. The SMILES string of the molecule is CC.Cc1ncsc1-c1ccc(CNC(=O)C2CC(O)CN2C(=O)C(NC(=O)CCOCCCC(=O)OCCCC2OC3OC4CCC5C(C)CCC(C2C)C35OO4)C(C)(C)C)cc1. The van der Waals surface area contributed by atoms with Gasteiger partial charge in [-0.25, -0.2) is 14.8 Å². The molecule has 356 valence electrons. The number of amides is 3. The van der Waals surface area contributed by atoms with Crippen LogP contribution >= 0.6 is 11.3 Å². The quantitative estimate of drug-likeness (QED) is 0.0877. The number of hydrogen-bond donors (Lipinski definition) is 3. The zero-order valence-corrected chi connectivity index (χ0v) is 39.9. The number of nitrogens with one attached hydrogen (secondary N) is 2. The number of aryl methyl sites for hydroxylation is 1. The van der Waals surface area contributed by atoms with Crippen molar-refractivity contribution >= 4 is 35.0 Å². The fourth-order valence-electron chi connectivity index (χ4n) is 10.3. The van der Waals surface area contributed by atoms with Crippen LogP contribution < -0.4 is 10.6 Å². The smallest absolute Gasteiger partial charge is 0.305 e. The molecule has 5 saturated heterocycles. The molecule has 15 nitrogen and oxygen atoms in total. The van der Waals surface area contributed by atoms with Crippen LogP contribution in [0.15, 0.2) is 29.8 Å². The Bertz CT molecular complexity index is 1870. The number of nitrogens with zero attached hydrogens (tertiary/aromatic N) is 2. The predicted molar refractivity (Wildman–Crippen MR) is 240 cm³/mol. The van der Waals surface area contributed by atoms with E-state index in [1.54, 1.807) is 11.3 Å². The molecule has 1 aliphatic carbocycles. The molecule has 3 N–H and O–H groups in total. The van der Waals surface area contributed by atoms with E-state index in [0.29, 0.717) is 31.3 Å². The van der Waals surface area contributed by atoms with E-state index in [4.69, 9.17) is 28.7 Å². The van der Waals surface area contributed by atoms with Gasteiger partial charge >= 0.3 is 5.97 Å². The highest BCUT2D eigenvalue weighted by Crippen LogP contribution is 2.59. The van der Waals surface area contributed by atoms with Gasteiger partial charge in [-0.1, -0.05) is 72.7 Å². The summed E-state index contributed by atoms with van der Waals surface area (Å²) in [7, 11) is 0. The van der Waals surface area contributed by atoms with Crippen molar-refractivity contribution in [2.75, 3.05) is 26.4 Å². The third-order valence-electron chi connectivity index (χ3n) is 13.7. The molecule has 6 heterocycles. The molecule has 6 fully saturated rings. The number of fused-ring (bicyclic) bond motifs is 2. The predicted octanol–water partition coefficient (Wildman–Crippen LogP) is 6.62. The summed E-state index contributed by atoms with van der Waals surface area (Å²) in [5.41, 5.74) is 3.48. The van der Waals surface area contributed by atoms with Crippen molar-refractivity contribution in [3.05, 3.63) is 41.0 Å². The highest BCUT2D eigenvalue weighted by atomic mass is 32.1. The van der Waals surface area contributed by atoms with Crippen molar-refractivity contribution in [1.82, 2.24) is 20.5 Å². The van der Waals surface area contributed by atoms with E-state index in [1.165, 1.54) is 4.90 Å². The number of likely N-dealkylation sites (tertiary alicyclic amines) is 1. The number of benzene rings is 1. The van der Waals surface area contributed by atoms with Gasteiger partial charge in [0.25, 0.3) is 0 Å². The van der Waals surface area contributed by atoms with Crippen molar-refractivity contribution < 1.29 is 53.0 Å². The molecule has 11 unspecified atom stereocenters. The molecule has 5 aliphatic heterocycles. The van der Waals surface area contributed by atoms with Crippen LogP contribution in [0.1, 0.15) is 124 Å². The largest absolute Gasteiger partial charge is 0.466 e. The molecule has 16 heteroatoms. The summed E-state index contributed by atoms with van der Waals surface area (Å²) in [6.45, 7) is 17.0. The lowest BCUT2D eigenvalue weighted by molar-refractivity contribution is -0.543. The molecule has 1 spiro atoms. The second-order valence-electron chi connectivity index (χ2n) is 19.1. The highest BCUT2D eigenvalue weighted by Gasteiger charge is 2.67. The Morgan fingerprint density at radius 1 is 0.984 bits per heavy atom. The Hall–Kier alpha value is -3.51. The number of β-amino-alcohol motifs (C(OH)–C–C–N with tert-alkyl or cyclic N) is 1. The molecule has 6 aliphatic rings. The fraction of sp³-hybridized carbons (Fsp3) is 0.729. The molecular weight excluding hydrogens is 841 g/mol. The van der Waals surface area contributed by atoms with Gasteiger partial charge in [-0.2, -0.15) is 0 Å². The van der Waals surface area contributed by atoms with Gasteiger partial charge in [-0.15, -0.1) is 11.3 Å². The van der Waals surface area contributed by atoms with Gasteiger partial charge in [-0.05, 0) is 79.7 Å². The summed E-state index contributed by atoms with van der Waals surface area (Å²) < 4.78 is 24.1. The third-order valence-corrected chi connectivity index (χ3v) is 14.7. The summed E-state index contributed by atoms with van der Waals surface area (Å²) in [4.78, 5) is 71.6. The molecule has 1 saturated carbocycles. The fourth-order valence-corrected chi connectivity index (χ4v) is 11.1. The van der Waals surface area contributed by atoms with E-state index >= 15 is 0 Å². The maximum atomic E-state index is 14.0. The van der Waals surface area contributed by atoms with E-state index in [0.717, 1.165) is 53.8 Å². The Morgan fingerprint density at radius 3 is 2.45 bits per heavy atom. The normalized spacial score (nSPS) is 30.0. The minimum atomic E-state index is -0.940. The van der Waals surface area contributed by atoms with Crippen LogP contribution in [0.3, 0.4) is 0 Å². The average molecular weight is 913 g/mol. The van der Waals surface area contributed by atoms with E-state index < -0.39 is 47.7 Å². The van der Waals surface area contributed by atoms with Crippen LogP contribution in [0.4, 0.5) is 0 Å². The van der Waals surface area contributed by atoms with Gasteiger partial charge in [0, 0.05) is 51.3 Å². The number of carbonyl (C=O) groups is 4. The van der Waals surface area contributed by atoms with Crippen LogP contribution in [-0.2, 0) is 54.4 Å². The molecule has 2 bridgehead atoms. The van der Waals surface area contributed by atoms with Crippen LogP contribution in [0.25, 0.3) is 10.4 Å². The van der Waals surface area contributed by atoms with Gasteiger partial charge in [0.2, 0.25) is 17.7 Å². The highest BCUT2D eigenvalue weighted by molar-refractivity contribution is 7.13. The third kappa shape index (κ3) is 11.5. The van der Waals surface area contributed by atoms with Gasteiger partial charge in [-0.3, -0.25) is 19.2 Å². The summed E-state index contributed by atoms with van der Waals surface area (Å²) in [6.07, 6.45) is 4.46. The average Bonchev–Trinajstić information content (AvgIpc) is 3.79. The maximum Gasteiger partial charge on any atom is 0.305 e. The van der Waals surface area contributed by atoms with Crippen LogP contribution in [0.2, 0.25) is 0 Å². The number of carbonyl (C=O) groups excluding carboxylic acids is 4. The number of esters is 1.